The van der Waals surface area contributed by atoms with Crippen LogP contribution in [0.5, 0.6) is 0 Å². The van der Waals surface area contributed by atoms with Gasteiger partial charge in [-0.3, -0.25) is 0 Å². The first-order valence-electron chi connectivity index (χ1n) is 9.25. The Morgan fingerprint density at radius 2 is 1.81 bits per heavy atom. The molecule has 8 nitrogen and oxygen atoms in total. The number of hydrogen-bond donors (Lipinski definition) is 3. The van der Waals surface area contributed by atoms with E-state index in [2.05, 4.69) is 16.6 Å². The quantitative estimate of drug-likeness (QED) is 0.432. The second kappa shape index (κ2) is 9.69. The molecule has 0 bridgehead atoms. The summed E-state index contributed by atoms with van der Waals surface area (Å²) in [4.78, 5) is 19.6. The van der Waals surface area contributed by atoms with Crippen molar-refractivity contribution in [2.45, 2.75) is 11.3 Å². The molecule has 0 saturated carbocycles. The maximum absolute atomic E-state index is 11.5. The molecule has 0 amide bonds. The normalized spacial score (nSPS) is 12.8. The molecule has 164 valence electrons. The molecule has 0 saturated heterocycles. The minimum absolute atomic E-state index is 0.00408. The molecule has 5 N–H and O–H groups in total. The fourth-order valence-corrected chi connectivity index (χ4v) is 4.06. The predicted molar refractivity (Wildman–Crippen MR) is 125 cm³/mol. The Hall–Kier alpha value is -3.60. The third-order valence-electron chi connectivity index (χ3n) is 4.47. The number of primary sulfonamides is 1. The molecule has 0 unspecified atom stereocenters. The lowest BCUT2D eigenvalue weighted by molar-refractivity contribution is 0.0691. The molecule has 0 fully saturated rings. The Morgan fingerprint density at radius 1 is 1.16 bits per heavy atom. The lowest BCUT2D eigenvalue weighted by atomic mass is 9.96. The summed E-state index contributed by atoms with van der Waals surface area (Å²) in [7, 11) is -3.81. The van der Waals surface area contributed by atoms with Crippen molar-refractivity contribution < 1.29 is 18.3 Å². The van der Waals surface area contributed by atoms with E-state index in [-0.39, 0.29) is 15.7 Å². The molecular formula is C22H20N4O4S2. The molecular weight excluding hydrogens is 448 g/mol. The van der Waals surface area contributed by atoms with Gasteiger partial charge in [-0.1, -0.05) is 49.0 Å². The lowest BCUT2D eigenvalue weighted by Crippen LogP contribution is -2.13. The predicted octanol–water partition coefficient (Wildman–Crippen LogP) is 3.36. The van der Waals surface area contributed by atoms with Crippen LogP contribution in [0.3, 0.4) is 0 Å². The zero-order chi connectivity index (χ0) is 23.3. The van der Waals surface area contributed by atoms with E-state index in [1.165, 1.54) is 23.6 Å². The molecule has 0 atom stereocenters. The van der Waals surface area contributed by atoms with Crippen LogP contribution in [0.15, 0.2) is 88.1 Å². The number of allylic oxidation sites excluding steroid dienone is 2. The van der Waals surface area contributed by atoms with E-state index >= 15 is 0 Å². The smallest absolute Gasteiger partial charge is 0.355 e. The average molecular weight is 469 g/mol. The largest absolute Gasteiger partial charge is 0.476 e. The first-order chi connectivity index (χ1) is 15.2. The number of benzene rings is 2. The Bertz CT molecular complexity index is 1310. The number of aromatic nitrogens is 1. The van der Waals surface area contributed by atoms with Crippen LogP contribution >= 0.6 is 11.3 Å². The number of sulfonamides is 1. The minimum atomic E-state index is -3.81. The zero-order valence-electron chi connectivity index (χ0n) is 16.8. The number of carbonyl (C=O) groups is 1. The SMILES string of the molecule is C=CC(=Nc1nc(C(=O)O)cs1)C(Cc1ccc(S(N)(=O)=O)cc1)=C(N)c1ccccc1. The van der Waals surface area contributed by atoms with Crippen molar-refractivity contribution in [3.8, 4) is 0 Å². The van der Waals surface area contributed by atoms with Crippen LogP contribution < -0.4 is 10.9 Å². The second-order valence-corrected chi connectivity index (χ2v) is 9.04. The molecule has 0 aliphatic heterocycles. The van der Waals surface area contributed by atoms with Crippen LogP contribution in [-0.2, 0) is 16.4 Å². The van der Waals surface area contributed by atoms with Gasteiger partial charge in [-0.05, 0) is 29.3 Å². The van der Waals surface area contributed by atoms with Gasteiger partial charge in [0.05, 0.1) is 10.6 Å². The molecule has 2 aromatic carbocycles. The molecule has 3 aromatic rings. The Balaban J connectivity index is 2.08. The number of nitrogens with zero attached hydrogens (tertiary/aromatic N) is 2. The number of aliphatic imine (C=N–C) groups is 1. The highest BCUT2D eigenvalue weighted by Crippen LogP contribution is 2.25. The monoisotopic (exact) mass is 468 g/mol. The van der Waals surface area contributed by atoms with Crippen molar-refractivity contribution in [3.05, 3.63) is 95.0 Å². The van der Waals surface area contributed by atoms with E-state index in [9.17, 15) is 13.2 Å². The highest BCUT2D eigenvalue weighted by Gasteiger charge is 2.15. The Morgan fingerprint density at radius 3 is 2.34 bits per heavy atom. The third kappa shape index (κ3) is 5.55. The molecule has 0 radical (unpaired) electrons. The highest BCUT2D eigenvalue weighted by atomic mass is 32.2. The molecule has 10 heteroatoms. The number of hydrogen-bond acceptors (Lipinski definition) is 7. The number of rotatable bonds is 8. The number of carboxylic acid groups (broad SMARTS) is 1. The number of aromatic carboxylic acids is 1. The highest BCUT2D eigenvalue weighted by molar-refractivity contribution is 7.89. The van der Waals surface area contributed by atoms with E-state index in [0.717, 1.165) is 22.5 Å². The fraction of sp³-hybridized carbons (Fsp3) is 0.0455. The first kappa shape index (κ1) is 23.1. The van der Waals surface area contributed by atoms with Gasteiger partial charge in [-0.2, -0.15) is 0 Å². The summed E-state index contributed by atoms with van der Waals surface area (Å²) in [6, 6.07) is 15.4. The maximum Gasteiger partial charge on any atom is 0.355 e. The maximum atomic E-state index is 11.5. The van der Waals surface area contributed by atoms with E-state index in [1.807, 2.05) is 30.3 Å². The van der Waals surface area contributed by atoms with Crippen molar-refractivity contribution in [1.29, 1.82) is 0 Å². The third-order valence-corrected chi connectivity index (χ3v) is 6.14. The summed E-state index contributed by atoms with van der Waals surface area (Å²) < 4.78 is 23.1. The van der Waals surface area contributed by atoms with Crippen molar-refractivity contribution in [3.63, 3.8) is 0 Å². The van der Waals surface area contributed by atoms with Gasteiger partial charge in [-0.25, -0.2) is 28.3 Å². The molecule has 0 aliphatic rings. The molecule has 3 rings (SSSR count). The zero-order valence-corrected chi connectivity index (χ0v) is 18.4. The molecule has 0 spiro atoms. The van der Waals surface area contributed by atoms with Crippen LogP contribution in [-0.4, -0.2) is 30.2 Å². The number of carboxylic acids is 1. The molecule has 1 aromatic heterocycles. The Labute approximate surface area is 189 Å². The van der Waals surface area contributed by atoms with Crippen molar-refractivity contribution in [2.75, 3.05) is 0 Å². The van der Waals surface area contributed by atoms with Crippen LogP contribution in [0.4, 0.5) is 5.13 Å². The van der Waals surface area contributed by atoms with Gasteiger partial charge in [0.2, 0.25) is 15.2 Å². The van der Waals surface area contributed by atoms with Crippen LogP contribution in [0, 0.1) is 0 Å². The number of nitrogens with two attached hydrogens (primary N) is 2. The minimum Gasteiger partial charge on any atom is -0.476 e. The van der Waals surface area contributed by atoms with Gasteiger partial charge >= 0.3 is 5.97 Å². The first-order valence-corrected chi connectivity index (χ1v) is 11.7. The van der Waals surface area contributed by atoms with Crippen LogP contribution in [0.25, 0.3) is 5.70 Å². The van der Waals surface area contributed by atoms with Crippen molar-refractivity contribution in [1.82, 2.24) is 4.98 Å². The van der Waals surface area contributed by atoms with Gasteiger partial charge in [0.25, 0.3) is 0 Å². The van der Waals surface area contributed by atoms with Crippen molar-refractivity contribution in [2.24, 2.45) is 15.9 Å². The van der Waals surface area contributed by atoms with Crippen LogP contribution in [0.1, 0.15) is 21.6 Å². The molecule has 32 heavy (non-hydrogen) atoms. The summed E-state index contributed by atoms with van der Waals surface area (Å²) in [5.41, 5.74) is 9.44. The van der Waals surface area contributed by atoms with Gasteiger partial charge in [0, 0.05) is 23.1 Å². The van der Waals surface area contributed by atoms with Gasteiger partial charge in [0.1, 0.15) is 0 Å². The summed E-state index contributed by atoms with van der Waals surface area (Å²) in [6.45, 7) is 3.83. The lowest BCUT2D eigenvalue weighted by Gasteiger charge is -2.13. The Kier molecular flexibility index (Phi) is 6.98. The second-order valence-electron chi connectivity index (χ2n) is 6.65. The standard InChI is InChI=1S/C22H20N4O4S2/c1-2-18(25-22-26-19(13-31-22)21(27)28)17(20(23)15-6-4-3-5-7-15)12-14-8-10-16(11-9-14)32(24,29)30/h2-11,13H,1,12,23H2,(H,27,28)(H2,24,29,30). The van der Waals surface area contributed by atoms with Crippen molar-refractivity contribution >= 4 is 43.9 Å². The van der Waals surface area contributed by atoms with Gasteiger partial charge in [0.15, 0.2) is 5.69 Å². The summed E-state index contributed by atoms with van der Waals surface area (Å²) >= 11 is 1.09. The topological polar surface area (TPSA) is 149 Å². The van der Waals surface area contributed by atoms with Crippen LogP contribution in [0.2, 0.25) is 0 Å². The summed E-state index contributed by atoms with van der Waals surface area (Å²) in [6.07, 6.45) is 1.83. The molecule has 1 heterocycles. The van der Waals surface area contributed by atoms with E-state index in [4.69, 9.17) is 16.0 Å². The van der Waals surface area contributed by atoms with E-state index in [1.54, 1.807) is 12.1 Å². The summed E-state index contributed by atoms with van der Waals surface area (Å²) in [5.74, 6) is -1.14. The molecule has 0 aliphatic carbocycles. The van der Waals surface area contributed by atoms with Gasteiger partial charge in [-0.15, -0.1) is 11.3 Å². The number of thiazole rings is 1. The summed E-state index contributed by atoms with van der Waals surface area (Å²) in [5, 5.41) is 15.9. The average Bonchev–Trinajstić information content (AvgIpc) is 3.25. The van der Waals surface area contributed by atoms with Gasteiger partial charge < -0.3 is 10.8 Å². The van der Waals surface area contributed by atoms with E-state index in [0.29, 0.717) is 23.4 Å². The fourth-order valence-electron chi connectivity index (χ4n) is 2.87. The van der Waals surface area contributed by atoms with E-state index < -0.39 is 16.0 Å².